The number of piperazine rings is 1. The highest BCUT2D eigenvalue weighted by molar-refractivity contribution is 7.89. The molecule has 2 aromatic carbocycles. The number of benzene rings is 2. The molecule has 2 fully saturated rings. The van der Waals surface area contributed by atoms with Gasteiger partial charge in [-0.3, -0.25) is 9.59 Å². The van der Waals surface area contributed by atoms with Crippen molar-refractivity contribution in [3.8, 4) is 0 Å². The van der Waals surface area contributed by atoms with Gasteiger partial charge >= 0.3 is 0 Å². The molecule has 0 aliphatic carbocycles. The minimum Gasteiger partial charge on any atom is -0.322 e. The number of rotatable bonds is 4. The Kier molecular flexibility index (Phi) is 6.06. The third-order valence-corrected chi connectivity index (χ3v) is 8.13. The Labute approximate surface area is 189 Å². The lowest BCUT2D eigenvalue weighted by Gasteiger charge is -2.33. The summed E-state index contributed by atoms with van der Waals surface area (Å²) in [5.41, 5.74) is 2.34. The normalized spacial score (nSPS) is 20.6. The molecule has 1 atom stereocenters. The van der Waals surface area contributed by atoms with Crippen molar-refractivity contribution in [2.45, 2.75) is 31.2 Å². The second kappa shape index (κ2) is 8.54. The second-order valence-electron chi connectivity index (χ2n) is 8.35. The molecule has 2 aliphatic heterocycles. The molecule has 2 aromatic rings. The molecule has 1 N–H and O–H groups in total. The highest BCUT2D eigenvalue weighted by atomic mass is 32.2. The summed E-state index contributed by atoms with van der Waals surface area (Å²) in [6.45, 7) is 4.03. The van der Waals surface area contributed by atoms with Gasteiger partial charge in [-0.2, -0.15) is 4.31 Å². The quantitative estimate of drug-likeness (QED) is 0.520. The van der Waals surface area contributed by atoms with Crippen molar-refractivity contribution in [3.05, 3.63) is 58.9 Å². The van der Waals surface area contributed by atoms with Crippen molar-refractivity contribution >= 4 is 27.5 Å². The van der Waals surface area contributed by atoms with Crippen molar-refractivity contribution in [2.75, 3.05) is 31.1 Å². The van der Waals surface area contributed by atoms with Crippen LogP contribution in [-0.4, -0.2) is 56.8 Å². The van der Waals surface area contributed by atoms with Gasteiger partial charge in [-0.1, -0.05) is 17.7 Å². The number of halogens is 3. The minimum absolute atomic E-state index is 0.00599. The fraction of sp³-hybridized carbons (Fsp3) is 0.364. The first-order chi connectivity index (χ1) is 15.5. The fourth-order valence-corrected chi connectivity index (χ4v) is 5.97. The number of sulfonamides is 1. The monoisotopic (exact) mass is 482 g/mol. The van der Waals surface area contributed by atoms with E-state index in [4.69, 9.17) is 0 Å². The zero-order valence-corrected chi connectivity index (χ0v) is 18.9. The van der Waals surface area contributed by atoms with E-state index in [2.05, 4.69) is 0 Å². The van der Waals surface area contributed by atoms with Gasteiger partial charge in [0.15, 0.2) is 23.5 Å². The van der Waals surface area contributed by atoms with Crippen LogP contribution in [0.5, 0.6) is 0 Å². The van der Waals surface area contributed by atoms with E-state index in [1.165, 1.54) is 4.90 Å². The van der Waals surface area contributed by atoms with Gasteiger partial charge in [0.1, 0.15) is 4.90 Å². The van der Waals surface area contributed by atoms with E-state index >= 15 is 0 Å². The molecule has 2 saturated heterocycles. The van der Waals surface area contributed by atoms with Gasteiger partial charge in [0, 0.05) is 0 Å². The van der Waals surface area contributed by atoms with Gasteiger partial charge in [0.05, 0.1) is 38.3 Å². The van der Waals surface area contributed by atoms with Crippen molar-refractivity contribution in [2.24, 2.45) is 0 Å². The third kappa shape index (κ3) is 4.04. The number of quaternary nitrogens is 1. The Morgan fingerprint density at radius 2 is 1.64 bits per heavy atom. The average Bonchev–Trinajstić information content (AvgIpc) is 3.06. The molecule has 0 radical (unpaired) electrons. The zero-order chi connectivity index (χ0) is 24.1. The Morgan fingerprint density at radius 1 is 0.970 bits per heavy atom. The molecule has 4 rings (SSSR count). The predicted octanol–water partition coefficient (Wildman–Crippen LogP) is 0.942. The van der Waals surface area contributed by atoms with Crippen molar-refractivity contribution in [3.63, 3.8) is 0 Å². The number of anilines is 1. The molecule has 2 amide bonds. The molecule has 33 heavy (non-hydrogen) atoms. The van der Waals surface area contributed by atoms with E-state index in [1.54, 1.807) is 6.07 Å². The molecule has 7 nitrogen and oxygen atoms in total. The van der Waals surface area contributed by atoms with E-state index in [-0.39, 0.29) is 44.4 Å². The Balaban J connectivity index is 1.49. The third-order valence-electron chi connectivity index (χ3n) is 6.21. The summed E-state index contributed by atoms with van der Waals surface area (Å²) in [6, 6.07) is 6.06. The number of hydrogen-bond donors (Lipinski definition) is 1. The Morgan fingerprint density at radius 3 is 2.27 bits per heavy atom. The number of carbonyl (C=O) groups excluding carboxylic acids is 2. The van der Waals surface area contributed by atoms with Gasteiger partial charge in [-0.15, -0.1) is 0 Å². The molecular formula is C22H23F3N3O4S+. The van der Waals surface area contributed by atoms with E-state index in [1.807, 2.05) is 26.0 Å². The molecule has 0 saturated carbocycles. The molecule has 0 aromatic heterocycles. The van der Waals surface area contributed by atoms with Crippen LogP contribution in [0.3, 0.4) is 0 Å². The standard InChI is InChI=1S/C22H22F3N3O4S/c1-13-3-5-16(14(2)11-13)28-19(29)12-17(22(28)30)26-7-9-27(10-8-26)33(31,32)18-6-4-15(23)20(24)21(18)25/h3-6,11,17H,7-10,12H2,1-2H3/p+1/t17-/m1/s1. The summed E-state index contributed by atoms with van der Waals surface area (Å²) in [7, 11) is -4.39. The lowest BCUT2D eigenvalue weighted by Crippen LogP contribution is -3.19. The van der Waals surface area contributed by atoms with Crippen LogP contribution in [0.1, 0.15) is 17.5 Å². The first-order valence-electron chi connectivity index (χ1n) is 10.4. The van der Waals surface area contributed by atoms with Crippen LogP contribution in [0.4, 0.5) is 18.9 Å². The van der Waals surface area contributed by atoms with E-state index in [9.17, 15) is 31.2 Å². The summed E-state index contributed by atoms with van der Waals surface area (Å²) in [5.74, 6) is -5.74. The molecule has 2 heterocycles. The van der Waals surface area contributed by atoms with Crippen LogP contribution in [0, 0.1) is 31.3 Å². The van der Waals surface area contributed by atoms with Crippen LogP contribution >= 0.6 is 0 Å². The lowest BCUT2D eigenvalue weighted by molar-refractivity contribution is -0.918. The summed E-state index contributed by atoms with van der Waals surface area (Å²) in [5, 5.41) is 0. The molecule has 0 bridgehead atoms. The minimum atomic E-state index is -4.39. The van der Waals surface area contributed by atoms with E-state index < -0.39 is 38.4 Å². The van der Waals surface area contributed by atoms with Crippen LogP contribution in [0.25, 0.3) is 0 Å². The van der Waals surface area contributed by atoms with Crippen molar-refractivity contribution in [1.82, 2.24) is 4.31 Å². The number of aryl methyl sites for hydroxylation is 2. The Bertz CT molecular complexity index is 1240. The van der Waals surface area contributed by atoms with Gasteiger partial charge < -0.3 is 4.90 Å². The maximum Gasteiger partial charge on any atom is 0.292 e. The number of nitrogens with zero attached hydrogens (tertiary/aromatic N) is 2. The van der Waals surface area contributed by atoms with Crippen LogP contribution in [0.2, 0.25) is 0 Å². The molecule has 0 unspecified atom stereocenters. The van der Waals surface area contributed by atoms with Crippen LogP contribution < -0.4 is 9.80 Å². The van der Waals surface area contributed by atoms with Crippen LogP contribution in [0.15, 0.2) is 35.2 Å². The lowest BCUT2D eigenvalue weighted by atomic mass is 10.1. The van der Waals surface area contributed by atoms with Gasteiger partial charge in [0.2, 0.25) is 15.9 Å². The first kappa shape index (κ1) is 23.4. The maximum absolute atomic E-state index is 14.1. The highest BCUT2D eigenvalue weighted by Crippen LogP contribution is 2.27. The van der Waals surface area contributed by atoms with Gasteiger partial charge in [-0.25, -0.2) is 26.5 Å². The number of nitrogens with one attached hydrogen (secondary N) is 1. The summed E-state index contributed by atoms with van der Waals surface area (Å²) < 4.78 is 67.4. The van der Waals surface area contributed by atoms with E-state index in [0.29, 0.717) is 17.8 Å². The predicted molar refractivity (Wildman–Crippen MR) is 113 cm³/mol. The van der Waals surface area contributed by atoms with Crippen molar-refractivity contribution < 1.29 is 36.1 Å². The summed E-state index contributed by atoms with van der Waals surface area (Å²) >= 11 is 0. The average molecular weight is 483 g/mol. The zero-order valence-electron chi connectivity index (χ0n) is 18.1. The van der Waals surface area contributed by atoms with E-state index in [0.717, 1.165) is 20.3 Å². The number of carbonyl (C=O) groups is 2. The largest absolute Gasteiger partial charge is 0.322 e. The molecule has 0 spiro atoms. The van der Waals surface area contributed by atoms with Gasteiger partial charge in [0.25, 0.3) is 5.91 Å². The topological polar surface area (TPSA) is 79.2 Å². The SMILES string of the molecule is Cc1ccc(N2C(=O)C[C@@H]([NH+]3CCN(S(=O)(=O)c4ccc(F)c(F)c4F)CC3)C2=O)c(C)c1. The fourth-order valence-electron chi connectivity index (χ4n) is 4.47. The molecule has 2 aliphatic rings. The summed E-state index contributed by atoms with van der Waals surface area (Å²) in [6.07, 6.45) is 0.00599. The highest BCUT2D eigenvalue weighted by Gasteiger charge is 2.47. The number of hydrogen-bond acceptors (Lipinski definition) is 4. The molecule has 11 heteroatoms. The first-order valence-corrected chi connectivity index (χ1v) is 11.9. The number of imide groups is 1. The number of amides is 2. The smallest absolute Gasteiger partial charge is 0.292 e. The molecule has 176 valence electrons. The van der Waals surface area contributed by atoms with Crippen LogP contribution in [-0.2, 0) is 19.6 Å². The van der Waals surface area contributed by atoms with Crippen molar-refractivity contribution in [1.29, 1.82) is 0 Å². The summed E-state index contributed by atoms with van der Waals surface area (Å²) in [4.78, 5) is 26.8. The Hall–Kier alpha value is -2.76. The van der Waals surface area contributed by atoms with Gasteiger partial charge in [-0.05, 0) is 37.6 Å². The second-order valence-corrected chi connectivity index (χ2v) is 10.3. The molecular weight excluding hydrogens is 459 g/mol. The maximum atomic E-state index is 14.1.